The molecular formula is C19H20BrNO3. The fourth-order valence-corrected chi connectivity index (χ4v) is 3.86. The highest BCUT2D eigenvalue weighted by molar-refractivity contribution is 9.10. The van der Waals surface area contributed by atoms with Crippen molar-refractivity contribution < 1.29 is 14.6 Å². The van der Waals surface area contributed by atoms with E-state index in [9.17, 15) is 9.90 Å². The zero-order valence-electron chi connectivity index (χ0n) is 13.5. The summed E-state index contributed by atoms with van der Waals surface area (Å²) in [6.45, 7) is -0.103. The minimum atomic E-state index is -0.936. The van der Waals surface area contributed by atoms with Crippen molar-refractivity contribution in [3.63, 3.8) is 0 Å². The molecule has 2 N–H and O–H groups in total. The van der Waals surface area contributed by atoms with Crippen molar-refractivity contribution in [2.45, 2.75) is 24.4 Å². The summed E-state index contributed by atoms with van der Waals surface area (Å²) in [6.07, 6.45) is 1.39. The molecule has 126 valence electrons. The molecule has 2 aromatic rings. The number of esters is 1. The van der Waals surface area contributed by atoms with Crippen LogP contribution in [0.5, 0.6) is 0 Å². The average Bonchev–Trinajstić information content (AvgIpc) is 2.98. The lowest BCUT2D eigenvalue weighted by Gasteiger charge is -2.33. The highest BCUT2D eigenvalue weighted by atomic mass is 79.9. The number of aliphatic hydroxyl groups is 1. The van der Waals surface area contributed by atoms with E-state index >= 15 is 0 Å². The Bertz CT molecular complexity index is 735. The standard InChI is InChI=1S/C19H20BrNO3/c1-24-18(23)19(10-9-14-11-15(20)7-8-16(14)19)21-17(12-22)13-5-3-2-4-6-13/h2-8,11,17,21-22H,9-10,12H2,1H3/t17-,19?/m0/s1. The van der Waals surface area contributed by atoms with E-state index < -0.39 is 5.54 Å². The van der Waals surface area contributed by atoms with Crippen LogP contribution in [0.25, 0.3) is 0 Å². The number of carbonyl (C=O) groups excluding carboxylic acids is 1. The molecule has 0 saturated carbocycles. The van der Waals surface area contributed by atoms with Crippen LogP contribution in [-0.2, 0) is 21.5 Å². The first kappa shape index (κ1) is 17.1. The number of nitrogens with one attached hydrogen (secondary N) is 1. The number of methoxy groups -OCH3 is 1. The number of hydrogen-bond acceptors (Lipinski definition) is 4. The quantitative estimate of drug-likeness (QED) is 0.771. The molecule has 2 aromatic carbocycles. The van der Waals surface area contributed by atoms with Crippen LogP contribution >= 0.6 is 15.9 Å². The third kappa shape index (κ3) is 2.99. The Labute approximate surface area is 150 Å². The molecule has 0 aliphatic heterocycles. The molecule has 1 aliphatic rings. The Morgan fingerprint density at radius 2 is 2.08 bits per heavy atom. The number of ether oxygens (including phenoxy) is 1. The lowest BCUT2D eigenvalue weighted by Crippen LogP contribution is -2.50. The molecule has 0 fully saturated rings. The van der Waals surface area contributed by atoms with Crippen LogP contribution in [0.4, 0.5) is 0 Å². The second-order valence-electron chi connectivity index (χ2n) is 5.99. The van der Waals surface area contributed by atoms with E-state index in [0.29, 0.717) is 6.42 Å². The molecule has 4 nitrogen and oxygen atoms in total. The molecule has 1 unspecified atom stereocenters. The SMILES string of the molecule is COC(=O)C1(N[C@@H](CO)c2ccccc2)CCc2cc(Br)ccc21. The van der Waals surface area contributed by atoms with Gasteiger partial charge >= 0.3 is 5.97 Å². The molecule has 0 amide bonds. The van der Waals surface area contributed by atoms with Crippen molar-refractivity contribution in [2.24, 2.45) is 0 Å². The average molecular weight is 390 g/mol. The third-order valence-electron chi connectivity index (χ3n) is 4.64. The molecule has 0 radical (unpaired) electrons. The Kier molecular flexibility index (Phi) is 5.04. The predicted octanol–water partition coefficient (Wildman–Crippen LogP) is 3.09. The number of rotatable bonds is 5. The molecule has 0 heterocycles. The summed E-state index contributed by atoms with van der Waals surface area (Å²) >= 11 is 3.48. The van der Waals surface area contributed by atoms with Gasteiger partial charge in [0, 0.05) is 4.47 Å². The van der Waals surface area contributed by atoms with E-state index in [4.69, 9.17) is 4.74 Å². The predicted molar refractivity (Wildman–Crippen MR) is 95.6 cm³/mol. The molecule has 0 bridgehead atoms. The normalized spacial score (nSPS) is 20.5. The minimum Gasteiger partial charge on any atom is -0.467 e. The van der Waals surface area contributed by atoms with Crippen LogP contribution in [-0.4, -0.2) is 24.8 Å². The van der Waals surface area contributed by atoms with Crippen LogP contribution in [0.3, 0.4) is 0 Å². The zero-order valence-corrected chi connectivity index (χ0v) is 15.0. The Morgan fingerprint density at radius 1 is 1.33 bits per heavy atom. The fourth-order valence-electron chi connectivity index (χ4n) is 3.45. The highest BCUT2D eigenvalue weighted by Crippen LogP contribution is 2.40. The van der Waals surface area contributed by atoms with E-state index in [0.717, 1.165) is 27.6 Å². The third-order valence-corrected chi connectivity index (χ3v) is 5.13. The number of aryl methyl sites for hydroxylation is 1. The molecule has 5 heteroatoms. The van der Waals surface area contributed by atoms with Crippen LogP contribution in [0, 0.1) is 0 Å². The van der Waals surface area contributed by atoms with E-state index in [1.807, 2.05) is 48.5 Å². The number of carbonyl (C=O) groups is 1. The van der Waals surface area contributed by atoms with Crippen LogP contribution in [0.15, 0.2) is 53.0 Å². The largest absolute Gasteiger partial charge is 0.467 e. The van der Waals surface area contributed by atoms with Gasteiger partial charge < -0.3 is 9.84 Å². The molecule has 1 aliphatic carbocycles. The van der Waals surface area contributed by atoms with E-state index in [1.54, 1.807) is 0 Å². The first-order valence-corrected chi connectivity index (χ1v) is 8.71. The summed E-state index contributed by atoms with van der Waals surface area (Å²) in [5.41, 5.74) is 2.04. The van der Waals surface area contributed by atoms with E-state index in [1.165, 1.54) is 7.11 Å². The van der Waals surface area contributed by atoms with Gasteiger partial charge in [-0.15, -0.1) is 0 Å². The van der Waals surface area contributed by atoms with Gasteiger partial charge in [0.15, 0.2) is 0 Å². The van der Waals surface area contributed by atoms with Gasteiger partial charge in [-0.25, -0.2) is 4.79 Å². The van der Waals surface area contributed by atoms with Gasteiger partial charge in [0.25, 0.3) is 0 Å². The Balaban J connectivity index is 2.02. The minimum absolute atomic E-state index is 0.103. The first-order valence-electron chi connectivity index (χ1n) is 7.91. The lowest BCUT2D eigenvalue weighted by molar-refractivity contribution is -0.149. The fraction of sp³-hybridized carbons (Fsp3) is 0.316. The van der Waals surface area contributed by atoms with Gasteiger partial charge in [-0.1, -0.05) is 52.3 Å². The molecule has 3 rings (SSSR count). The maximum Gasteiger partial charge on any atom is 0.330 e. The molecule has 0 spiro atoms. The monoisotopic (exact) mass is 389 g/mol. The van der Waals surface area contributed by atoms with Gasteiger partial charge in [0.1, 0.15) is 5.54 Å². The van der Waals surface area contributed by atoms with Crippen molar-refractivity contribution in [3.8, 4) is 0 Å². The van der Waals surface area contributed by atoms with Crippen LogP contribution in [0.2, 0.25) is 0 Å². The molecular weight excluding hydrogens is 370 g/mol. The number of hydrogen-bond donors (Lipinski definition) is 2. The summed E-state index contributed by atoms with van der Waals surface area (Å²) in [5.74, 6) is -0.321. The van der Waals surface area contributed by atoms with Gasteiger partial charge in [0.05, 0.1) is 19.8 Å². The van der Waals surface area contributed by atoms with Crippen LogP contribution < -0.4 is 5.32 Å². The summed E-state index contributed by atoms with van der Waals surface area (Å²) < 4.78 is 6.10. The molecule has 2 atom stereocenters. The molecule has 24 heavy (non-hydrogen) atoms. The first-order chi connectivity index (χ1) is 11.6. The highest BCUT2D eigenvalue weighted by Gasteiger charge is 2.47. The van der Waals surface area contributed by atoms with Crippen molar-refractivity contribution in [3.05, 3.63) is 69.7 Å². The summed E-state index contributed by atoms with van der Waals surface area (Å²) in [6, 6.07) is 15.2. The lowest BCUT2D eigenvalue weighted by atomic mass is 9.89. The topological polar surface area (TPSA) is 58.6 Å². The Morgan fingerprint density at radius 3 is 2.75 bits per heavy atom. The summed E-state index contributed by atoms with van der Waals surface area (Å²) in [7, 11) is 1.40. The second-order valence-corrected chi connectivity index (χ2v) is 6.90. The molecule has 0 saturated heterocycles. The van der Waals surface area contributed by atoms with Crippen molar-refractivity contribution >= 4 is 21.9 Å². The number of aliphatic hydroxyl groups excluding tert-OH is 1. The maximum atomic E-state index is 12.7. The van der Waals surface area contributed by atoms with E-state index in [2.05, 4.69) is 21.2 Å². The number of fused-ring (bicyclic) bond motifs is 1. The van der Waals surface area contributed by atoms with Gasteiger partial charge in [-0.05, 0) is 41.7 Å². The van der Waals surface area contributed by atoms with Crippen molar-refractivity contribution in [1.29, 1.82) is 0 Å². The zero-order chi connectivity index (χ0) is 17.2. The maximum absolute atomic E-state index is 12.7. The van der Waals surface area contributed by atoms with E-state index in [-0.39, 0.29) is 18.6 Å². The van der Waals surface area contributed by atoms with Gasteiger partial charge in [-0.2, -0.15) is 0 Å². The summed E-state index contributed by atoms with van der Waals surface area (Å²) in [4.78, 5) is 12.7. The van der Waals surface area contributed by atoms with Crippen LogP contribution in [0.1, 0.15) is 29.2 Å². The van der Waals surface area contributed by atoms with Gasteiger partial charge in [0.2, 0.25) is 0 Å². The van der Waals surface area contributed by atoms with Crippen molar-refractivity contribution in [2.75, 3.05) is 13.7 Å². The van der Waals surface area contributed by atoms with Gasteiger partial charge in [-0.3, -0.25) is 5.32 Å². The van der Waals surface area contributed by atoms with Crippen molar-refractivity contribution in [1.82, 2.24) is 5.32 Å². The number of benzene rings is 2. The summed E-state index contributed by atoms with van der Waals surface area (Å²) in [5, 5.41) is 13.3. The molecule has 0 aromatic heterocycles. The smallest absolute Gasteiger partial charge is 0.330 e. The Hall–Kier alpha value is -1.69. The second kappa shape index (κ2) is 7.05. The number of halogens is 1.